The molecule has 0 bridgehead atoms. The molecule has 0 aliphatic carbocycles. The first kappa shape index (κ1) is 15.3. The summed E-state index contributed by atoms with van der Waals surface area (Å²) in [6.07, 6.45) is 5.52. The number of likely N-dealkylation sites (tertiary alicyclic amines) is 1. The molecule has 3 heteroatoms. The Kier molecular flexibility index (Phi) is 6.34. The van der Waals surface area contributed by atoms with Gasteiger partial charge in [-0.1, -0.05) is 31.9 Å². The van der Waals surface area contributed by atoms with Crippen LogP contribution in [0.1, 0.15) is 38.2 Å². The predicted molar refractivity (Wildman–Crippen MR) is 84.0 cm³/mol. The minimum Gasteiger partial charge on any atom is -0.508 e. The number of phenolic OH excluding ortho intramolecular Hbond substituents is 1. The maximum atomic E-state index is 9.54. The number of nitrogens with zero attached hydrogens (tertiary/aromatic N) is 2. The zero-order chi connectivity index (χ0) is 14.2. The molecule has 0 atom stereocenters. The minimum absolute atomic E-state index is 0.367. The Morgan fingerprint density at radius 1 is 1.15 bits per heavy atom. The standard InChI is InChI=1S/C17H28N2O/c1-2-18(15-16-8-7-9-17(20)14-16)12-13-19-10-5-3-4-6-11-19/h7-9,14,20H,2-6,10-13,15H2,1H3. The number of hydrogen-bond acceptors (Lipinski definition) is 3. The molecule has 2 rings (SSSR count). The van der Waals surface area contributed by atoms with Gasteiger partial charge in [0.1, 0.15) is 5.75 Å². The van der Waals surface area contributed by atoms with Crippen LogP contribution in [0.15, 0.2) is 24.3 Å². The second-order valence-electron chi connectivity index (χ2n) is 5.79. The lowest BCUT2D eigenvalue weighted by Gasteiger charge is -2.26. The number of likely N-dealkylation sites (N-methyl/N-ethyl adjacent to an activating group) is 1. The van der Waals surface area contributed by atoms with Gasteiger partial charge in [0.05, 0.1) is 0 Å². The zero-order valence-electron chi connectivity index (χ0n) is 12.7. The molecule has 1 aliphatic rings. The van der Waals surface area contributed by atoms with Crippen LogP contribution in [0, 0.1) is 0 Å². The highest BCUT2D eigenvalue weighted by Gasteiger charge is 2.11. The van der Waals surface area contributed by atoms with Crippen molar-refractivity contribution in [3.8, 4) is 5.75 Å². The number of phenols is 1. The van der Waals surface area contributed by atoms with E-state index >= 15 is 0 Å². The summed E-state index contributed by atoms with van der Waals surface area (Å²) >= 11 is 0. The second kappa shape index (κ2) is 8.28. The highest BCUT2D eigenvalue weighted by atomic mass is 16.3. The Morgan fingerprint density at radius 2 is 1.90 bits per heavy atom. The van der Waals surface area contributed by atoms with Crippen LogP contribution >= 0.6 is 0 Å². The van der Waals surface area contributed by atoms with Crippen molar-refractivity contribution in [3.63, 3.8) is 0 Å². The third kappa shape index (κ3) is 5.14. The molecule has 0 amide bonds. The summed E-state index contributed by atoms with van der Waals surface area (Å²) < 4.78 is 0. The van der Waals surface area contributed by atoms with E-state index in [0.29, 0.717) is 5.75 Å². The van der Waals surface area contributed by atoms with E-state index in [2.05, 4.69) is 22.8 Å². The molecule has 1 saturated heterocycles. The summed E-state index contributed by atoms with van der Waals surface area (Å²) in [6, 6.07) is 7.62. The summed E-state index contributed by atoms with van der Waals surface area (Å²) in [5.41, 5.74) is 1.20. The first-order valence-corrected chi connectivity index (χ1v) is 8.00. The fourth-order valence-electron chi connectivity index (χ4n) is 2.90. The highest BCUT2D eigenvalue weighted by Crippen LogP contribution is 2.13. The Morgan fingerprint density at radius 3 is 2.55 bits per heavy atom. The number of rotatable bonds is 6. The Hall–Kier alpha value is -1.06. The van der Waals surface area contributed by atoms with Gasteiger partial charge in [-0.25, -0.2) is 0 Å². The normalized spacial score (nSPS) is 17.3. The van der Waals surface area contributed by atoms with Crippen LogP contribution in [0.25, 0.3) is 0 Å². The lowest BCUT2D eigenvalue weighted by molar-refractivity contribution is 0.208. The van der Waals surface area contributed by atoms with Gasteiger partial charge in [-0.05, 0) is 50.2 Å². The SMILES string of the molecule is CCN(CCN1CCCCCC1)Cc1cccc(O)c1. The molecule has 3 nitrogen and oxygen atoms in total. The largest absolute Gasteiger partial charge is 0.508 e. The highest BCUT2D eigenvalue weighted by molar-refractivity contribution is 5.26. The fraction of sp³-hybridized carbons (Fsp3) is 0.647. The molecule has 1 heterocycles. The van der Waals surface area contributed by atoms with Crippen LogP contribution in [0.2, 0.25) is 0 Å². The summed E-state index contributed by atoms with van der Waals surface area (Å²) in [7, 11) is 0. The molecule has 112 valence electrons. The van der Waals surface area contributed by atoms with Crippen molar-refractivity contribution in [2.24, 2.45) is 0 Å². The van der Waals surface area contributed by atoms with Gasteiger partial charge in [0, 0.05) is 19.6 Å². The molecule has 1 aromatic carbocycles. The molecule has 1 fully saturated rings. The average Bonchev–Trinajstić information content (AvgIpc) is 2.72. The second-order valence-corrected chi connectivity index (χ2v) is 5.79. The van der Waals surface area contributed by atoms with Crippen molar-refractivity contribution < 1.29 is 5.11 Å². The smallest absolute Gasteiger partial charge is 0.115 e. The molecule has 1 N–H and O–H groups in total. The van der Waals surface area contributed by atoms with E-state index in [1.54, 1.807) is 6.07 Å². The molecule has 1 aromatic rings. The monoisotopic (exact) mass is 276 g/mol. The van der Waals surface area contributed by atoms with Gasteiger partial charge >= 0.3 is 0 Å². The van der Waals surface area contributed by atoms with Crippen molar-refractivity contribution in [2.45, 2.75) is 39.2 Å². The molecule has 1 aliphatic heterocycles. The fourth-order valence-corrected chi connectivity index (χ4v) is 2.90. The van der Waals surface area contributed by atoms with Crippen molar-refractivity contribution in [3.05, 3.63) is 29.8 Å². The summed E-state index contributed by atoms with van der Waals surface area (Å²) in [5, 5.41) is 9.54. The number of hydrogen-bond donors (Lipinski definition) is 1. The summed E-state index contributed by atoms with van der Waals surface area (Å²) in [6.45, 7) is 9.03. The van der Waals surface area contributed by atoms with Crippen molar-refractivity contribution >= 4 is 0 Å². The lowest BCUT2D eigenvalue weighted by atomic mass is 10.2. The molecule has 20 heavy (non-hydrogen) atoms. The third-order valence-electron chi connectivity index (χ3n) is 4.20. The Bertz CT molecular complexity index is 386. The quantitative estimate of drug-likeness (QED) is 0.865. The van der Waals surface area contributed by atoms with E-state index in [1.165, 1.54) is 50.9 Å². The van der Waals surface area contributed by atoms with Crippen LogP contribution in [-0.4, -0.2) is 47.6 Å². The van der Waals surface area contributed by atoms with Crippen molar-refractivity contribution in [2.75, 3.05) is 32.7 Å². The van der Waals surface area contributed by atoms with Gasteiger partial charge in [0.15, 0.2) is 0 Å². The topological polar surface area (TPSA) is 26.7 Å². The van der Waals surface area contributed by atoms with E-state index in [1.807, 2.05) is 12.1 Å². The Balaban J connectivity index is 1.79. The van der Waals surface area contributed by atoms with E-state index in [0.717, 1.165) is 19.6 Å². The first-order chi connectivity index (χ1) is 9.78. The van der Waals surface area contributed by atoms with Gasteiger partial charge in [-0.15, -0.1) is 0 Å². The molecule has 0 saturated carbocycles. The molecule has 0 unspecified atom stereocenters. The Labute approximate surface area is 123 Å². The van der Waals surface area contributed by atoms with Crippen LogP contribution < -0.4 is 0 Å². The van der Waals surface area contributed by atoms with Gasteiger partial charge in [-0.3, -0.25) is 4.90 Å². The summed E-state index contributed by atoms with van der Waals surface area (Å²) in [4.78, 5) is 5.07. The van der Waals surface area contributed by atoms with Gasteiger partial charge in [0.2, 0.25) is 0 Å². The zero-order valence-corrected chi connectivity index (χ0v) is 12.7. The molecular weight excluding hydrogens is 248 g/mol. The van der Waals surface area contributed by atoms with Crippen LogP contribution in [0.3, 0.4) is 0 Å². The minimum atomic E-state index is 0.367. The van der Waals surface area contributed by atoms with E-state index in [-0.39, 0.29) is 0 Å². The molecular formula is C17H28N2O. The number of aromatic hydroxyl groups is 1. The molecule has 0 aromatic heterocycles. The van der Waals surface area contributed by atoms with Gasteiger partial charge in [0.25, 0.3) is 0 Å². The third-order valence-corrected chi connectivity index (χ3v) is 4.20. The van der Waals surface area contributed by atoms with E-state index < -0.39 is 0 Å². The first-order valence-electron chi connectivity index (χ1n) is 8.00. The molecule has 0 radical (unpaired) electrons. The molecule has 0 spiro atoms. The predicted octanol–water partition coefficient (Wildman–Crippen LogP) is 3.09. The average molecular weight is 276 g/mol. The lowest BCUT2D eigenvalue weighted by Crippen LogP contribution is -2.35. The van der Waals surface area contributed by atoms with Gasteiger partial charge < -0.3 is 10.0 Å². The number of benzene rings is 1. The van der Waals surface area contributed by atoms with Crippen LogP contribution in [0.4, 0.5) is 0 Å². The summed E-state index contributed by atoms with van der Waals surface area (Å²) in [5.74, 6) is 0.367. The van der Waals surface area contributed by atoms with E-state index in [4.69, 9.17) is 0 Å². The maximum absolute atomic E-state index is 9.54. The van der Waals surface area contributed by atoms with Crippen molar-refractivity contribution in [1.29, 1.82) is 0 Å². The van der Waals surface area contributed by atoms with Crippen LogP contribution in [-0.2, 0) is 6.54 Å². The van der Waals surface area contributed by atoms with E-state index in [9.17, 15) is 5.11 Å². The maximum Gasteiger partial charge on any atom is 0.115 e. The van der Waals surface area contributed by atoms with Gasteiger partial charge in [-0.2, -0.15) is 0 Å². The van der Waals surface area contributed by atoms with Crippen LogP contribution in [0.5, 0.6) is 5.75 Å². The van der Waals surface area contributed by atoms with Crippen molar-refractivity contribution in [1.82, 2.24) is 9.80 Å².